The summed E-state index contributed by atoms with van der Waals surface area (Å²) in [6.45, 7) is 6.50. The Kier molecular flexibility index (Phi) is 7.23. The summed E-state index contributed by atoms with van der Waals surface area (Å²) >= 11 is 0. The van der Waals surface area contributed by atoms with Crippen LogP contribution in [0.2, 0.25) is 0 Å². The van der Waals surface area contributed by atoms with Crippen molar-refractivity contribution in [3.8, 4) is 0 Å². The summed E-state index contributed by atoms with van der Waals surface area (Å²) < 4.78 is 5.27. The number of nitrogens with zero attached hydrogens (tertiary/aromatic N) is 1. The molecule has 2 amide bonds. The fourth-order valence-corrected chi connectivity index (χ4v) is 4.78. The zero-order chi connectivity index (χ0) is 22.6. The molecule has 7 heteroatoms. The second kappa shape index (κ2) is 9.71. The highest BCUT2D eigenvalue weighted by molar-refractivity contribution is 5.86. The zero-order valence-corrected chi connectivity index (χ0v) is 18.7. The number of likely N-dealkylation sites (tertiary alicyclic amines) is 1. The van der Waals surface area contributed by atoms with Gasteiger partial charge < -0.3 is 20.1 Å². The van der Waals surface area contributed by atoms with Gasteiger partial charge in [0.25, 0.3) is 0 Å². The normalized spacial score (nSPS) is 26.4. The fourth-order valence-electron chi connectivity index (χ4n) is 4.78. The van der Waals surface area contributed by atoms with Crippen LogP contribution in [0.4, 0.5) is 4.79 Å². The number of carboxylic acid groups (broad SMARTS) is 1. The molecule has 1 aromatic carbocycles. The van der Waals surface area contributed by atoms with E-state index in [1.165, 1.54) is 0 Å². The van der Waals surface area contributed by atoms with Gasteiger partial charge in [0, 0.05) is 24.9 Å². The maximum Gasteiger partial charge on any atom is 0.407 e. The smallest absolute Gasteiger partial charge is 0.407 e. The van der Waals surface area contributed by atoms with E-state index in [0.29, 0.717) is 25.4 Å². The molecular weight excluding hydrogens is 396 g/mol. The van der Waals surface area contributed by atoms with Gasteiger partial charge in [-0.25, -0.2) is 9.59 Å². The van der Waals surface area contributed by atoms with Crippen molar-refractivity contribution in [1.29, 1.82) is 0 Å². The van der Waals surface area contributed by atoms with Gasteiger partial charge in [0.2, 0.25) is 5.91 Å². The summed E-state index contributed by atoms with van der Waals surface area (Å²) in [7, 11) is 0. The Morgan fingerprint density at radius 2 is 1.71 bits per heavy atom. The number of carboxylic acids is 1. The predicted octanol–water partition coefficient (Wildman–Crippen LogP) is 3.79. The lowest BCUT2D eigenvalue weighted by Crippen LogP contribution is -2.46. The van der Waals surface area contributed by atoms with E-state index in [4.69, 9.17) is 4.74 Å². The summed E-state index contributed by atoms with van der Waals surface area (Å²) in [5.41, 5.74) is 0.449. The van der Waals surface area contributed by atoms with Crippen molar-refractivity contribution in [2.24, 2.45) is 11.8 Å². The van der Waals surface area contributed by atoms with Crippen LogP contribution < -0.4 is 5.32 Å². The molecule has 31 heavy (non-hydrogen) atoms. The van der Waals surface area contributed by atoms with E-state index in [1.807, 2.05) is 51.1 Å². The SMILES string of the molecule is CC(C)(C)OC(=O)NCC1CCC(C(=O)N2CC[C@@H](c3ccccc3)[C@H]2C(=O)O)CC1. The first-order valence-corrected chi connectivity index (χ1v) is 11.2. The molecule has 2 N–H and O–H groups in total. The summed E-state index contributed by atoms with van der Waals surface area (Å²) in [5, 5.41) is 12.7. The monoisotopic (exact) mass is 430 g/mol. The Bertz CT molecular complexity index is 781. The first kappa shape index (κ1) is 23.1. The highest BCUT2D eigenvalue weighted by atomic mass is 16.6. The Labute approximate surface area is 184 Å². The number of aliphatic carboxylic acids is 1. The van der Waals surface area contributed by atoms with E-state index >= 15 is 0 Å². The highest BCUT2D eigenvalue weighted by Crippen LogP contribution is 2.37. The standard InChI is InChI=1S/C24H34N2O5/c1-24(2,3)31-23(30)25-15-16-9-11-18(12-10-16)21(27)26-14-13-19(20(26)22(28)29)17-7-5-4-6-8-17/h4-8,16,18-20H,9-15H2,1-3H3,(H,25,30)(H,28,29)/t16?,18?,19-,20-/m0/s1. The maximum absolute atomic E-state index is 13.2. The van der Waals surface area contributed by atoms with E-state index in [9.17, 15) is 19.5 Å². The maximum atomic E-state index is 13.2. The minimum atomic E-state index is -0.935. The third-order valence-electron chi connectivity index (χ3n) is 6.29. The van der Waals surface area contributed by atoms with Crippen LogP contribution >= 0.6 is 0 Å². The van der Waals surface area contributed by atoms with Crippen LogP contribution in [0.15, 0.2) is 30.3 Å². The predicted molar refractivity (Wildman–Crippen MR) is 117 cm³/mol. The number of carbonyl (C=O) groups excluding carboxylic acids is 2. The number of ether oxygens (including phenoxy) is 1. The molecule has 1 aliphatic heterocycles. The third-order valence-corrected chi connectivity index (χ3v) is 6.29. The van der Waals surface area contributed by atoms with Crippen molar-refractivity contribution in [1.82, 2.24) is 10.2 Å². The van der Waals surface area contributed by atoms with Gasteiger partial charge in [0.05, 0.1) is 0 Å². The van der Waals surface area contributed by atoms with Crippen molar-refractivity contribution in [2.75, 3.05) is 13.1 Å². The molecule has 0 unspecified atom stereocenters. The van der Waals surface area contributed by atoms with Gasteiger partial charge in [-0.15, -0.1) is 0 Å². The van der Waals surface area contributed by atoms with Crippen LogP contribution in [0.25, 0.3) is 0 Å². The average Bonchev–Trinajstić information content (AvgIpc) is 3.17. The van der Waals surface area contributed by atoms with Crippen LogP contribution in [-0.2, 0) is 14.3 Å². The number of hydrogen-bond donors (Lipinski definition) is 2. The van der Waals surface area contributed by atoms with E-state index in [2.05, 4.69) is 5.32 Å². The minimum Gasteiger partial charge on any atom is -0.480 e. The number of alkyl carbamates (subject to hydrolysis) is 1. The minimum absolute atomic E-state index is 0.0376. The second-order valence-corrected chi connectivity index (χ2v) is 9.72. The molecule has 1 heterocycles. The highest BCUT2D eigenvalue weighted by Gasteiger charge is 2.44. The van der Waals surface area contributed by atoms with Crippen molar-refractivity contribution >= 4 is 18.0 Å². The molecular formula is C24H34N2O5. The molecule has 1 aromatic rings. The molecule has 7 nitrogen and oxygen atoms in total. The van der Waals surface area contributed by atoms with Crippen LogP contribution in [0, 0.1) is 11.8 Å². The van der Waals surface area contributed by atoms with Gasteiger partial charge in [-0.05, 0) is 64.4 Å². The van der Waals surface area contributed by atoms with Crippen molar-refractivity contribution < 1.29 is 24.2 Å². The Morgan fingerprint density at radius 1 is 1.06 bits per heavy atom. The Balaban J connectivity index is 1.53. The van der Waals surface area contributed by atoms with Gasteiger partial charge in [-0.2, -0.15) is 0 Å². The number of rotatable bonds is 5. The largest absolute Gasteiger partial charge is 0.480 e. The first-order valence-electron chi connectivity index (χ1n) is 11.2. The van der Waals surface area contributed by atoms with Gasteiger partial charge >= 0.3 is 12.1 Å². The lowest BCUT2D eigenvalue weighted by atomic mass is 9.81. The second-order valence-electron chi connectivity index (χ2n) is 9.72. The molecule has 170 valence electrons. The number of amides is 2. The molecule has 2 aliphatic rings. The quantitative estimate of drug-likeness (QED) is 0.741. The summed E-state index contributed by atoms with van der Waals surface area (Å²) in [6, 6.07) is 8.81. The molecule has 2 atom stereocenters. The lowest BCUT2D eigenvalue weighted by molar-refractivity contribution is -0.151. The van der Waals surface area contributed by atoms with Crippen LogP contribution in [-0.4, -0.2) is 52.7 Å². The number of benzene rings is 1. The molecule has 2 fully saturated rings. The van der Waals surface area contributed by atoms with Crippen molar-refractivity contribution in [3.05, 3.63) is 35.9 Å². The molecule has 1 saturated carbocycles. The third kappa shape index (κ3) is 5.99. The van der Waals surface area contributed by atoms with E-state index in [1.54, 1.807) is 4.90 Å². The molecule has 0 spiro atoms. The van der Waals surface area contributed by atoms with Gasteiger partial charge in [-0.3, -0.25) is 4.79 Å². The molecule has 0 radical (unpaired) electrons. The number of hydrogen-bond acceptors (Lipinski definition) is 4. The molecule has 0 bridgehead atoms. The van der Waals surface area contributed by atoms with Crippen LogP contribution in [0.1, 0.15) is 64.4 Å². The van der Waals surface area contributed by atoms with Crippen LogP contribution in [0.5, 0.6) is 0 Å². The summed E-state index contributed by atoms with van der Waals surface area (Å²) in [4.78, 5) is 38.7. The average molecular weight is 431 g/mol. The summed E-state index contributed by atoms with van der Waals surface area (Å²) in [5.74, 6) is -0.979. The summed E-state index contributed by atoms with van der Waals surface area (Å²) in [6.07, 6.45) is 3.36. The first-order chi connectivity index (χ1) is 14.7. The molecule has 0 aromatic heterocycles. The fraction of sp³-hybridized carbons (Fsp3) is 0.625. The van der Waals surface area contributed by atoms with Crippen molar-refractivity contribution in [2.45, 2.75) is 70.4 Å². The van der Waals surface area contributed by atoms with Gasteiger partial charge in [-0.1, -0.05) is 30.3 Å². The van der Waals surface area contributed by atoms with E-state index in [-0.39, 0.29) is 17.7 Å². The number of nitrogens with one attached hydrogen (secondary N) is 1. The molecule has 3 rings (SSSR count). The van der Waals surface area contributed by atoms with Gasteiger partial charge in [0.1, 0.15) is 11.6 Å². The van der Waals surface area contributed by atoms with Crippen LogP contribution in [0.3, 0.4) is 0 Å². The van der Waals surface area contributed by atoms with Crippen molar-refractivity contribution in [3.63, 3.8) is 0 Å². The molecule has 1 aliphatic carbocycles. The Hall–Kier alpha value is -2.57. The lowest BCUT2D eigenvalue weighted by Gasteiger charge is -2.33. The molecule has 1 saturated heterocycles. The zero-order valence-electron chi connectivity index (χ0n) is 18.7. The Morgan fingerprint density at radius 3 is 2.29 bits per heavy atom. The van der Waals surface area contributed by atoms with Gasteiger partial charge in [0.15, 0.2) is 0 Å². The van der Waals surface area contributed by atoms with E-state index < -0.39 is 23.7 Å². The number of carbonyl (C=O) groups is 3. The van der Waals surface area contributed by atoms with E-state index in [0.717, 1.165) is 31.2 Å². The topological polar surface area (TPSA) is 95.9 Å².